The molecule has 0 radical (unpaired) electrons. The number of hydrogen-bond donors (Lipinski definition) is 1. The first kappa shape index (κ1) is 10.1. The molecule has 0 spiro atoms. The molecule has 1 N–H and O–H groups in total. The van der Waals surface area contributed by atoms with Crippen molar-refractivity contribution in [3.8, 4) is 0 Å². The molecule has 0 saturated carbocycles. The minimum Gasteiger partial charge on any atom is -0.481 e. The van der Waals surface area contributed by atoms with Gasteiger partial charge in [0, 0.05) is 19.3 Å². The van der Waals surface area contributed by atoms with Crippen molar-refractivity contribution in [3.05, 3.63) is 24.4 Å². The third-order valence-electron chi connectivity index (χ3n) is 3.12. The first-order valence-corrected chi connectivity index (χ1v) is 5.53. The van der Waals surface area contributed by atoms with Gasteiger partial charge in [0.15, 0.2) is 5.65 Å². The van der Waals surface area contributed by atoms with Gasteiger partial charge in [-0.1, -0.05) is 6.07 Å². The fraction of sp³-hybridized carbons (Fsp3) is 0.364. The molecule has 0 amide bonds. The summed E-state index contributed by atoms with van der Waals surface area (Å²) in [6.45, 7) is 1.22. The van der Waals surface area contributed by atoms with Crippen molar-refractivity contribution < 1.29 is 9.90 Å². The van der Waals surface area contributed by atoms with Gasteiger partial charge >= 0.3 is 5.97 Å². The lowest BCUT2D eigenvalue weighted by Gasteiger charge is -2.14. The fourth-order valence-corrected chi connectivity index (χ4v) is 2.19. The minimum absolute atomic E-state index is 0.300. The number of pyridine rings is 1. The van der Waals surface area contributed by atoms with Crippen LogP contribution in [-0.4, -0.2) is 38.8 Å². The van der Waals surface area contributed by atoms with Crippen molar-refractivity contribution in [2.75, 3.05) is 18.0 Å². The lowest BCUT2D eigenvalue weighted by molar-refractivity contribution is -0.140. The monoisotopic (exact) mass is 232 g/mol. The Kier molecular flexibility index (Phi) is 2.21. The summed E-state index contributed by atoms with van der Waals surface area (Å²) in [6.07, 6.45) is 2.55. The van der Waals surface area contributed by atoms with Crippen LogP contribution >= 0.6 is 0 Å². The van der Waals surface area contributed by atoms with Crippen LogP contribution in [0.3, 0.4) is 0 Å². The van der Waals surface area contributed by atoms with Crippen LogP contribution in [0.25, 0.3) is 5.65 Å². The first-order chi connectivity index (χ1) is 8.25. The second-order valence-corrected chi connectivity index (χ2v) is 4.20. The number of fused-ring (bicyclic) bond motifs is 1. The molecule has 17 heavy (non-hydrogen) atoms. The van der Waals surface area contributed by atoms with Gasteiger partial charge in [-0.2, -0.15) is 0 Å². The molecule has 2 aromatic rings. The van der Waals surface area contributed by atoms with Gasteiger partial charge < -0.3 is 10.0 Å². The predicted molar refractivity (Wildman–Crippen MR) is 60.9 cm³/mol. The van der Waals surface area contributed by atoms with E-state index in [9.17, 15) is 4.79 Å². The number of aliphatic carboxylic acids is 1. The number of carboxylic acid groups (broad SMARTS) is 1. The van der Waals surface area contributed by atoms with E-state index in [1.165, 1.54) is 0 Å². The molecule has 0 aromatic carbocycles. The average molecular weight is 232 g/mol. The Morgan fingerprint density at radius 3 is 3.06 bits per heavy atom. The van der Waals surface area contributed by atoms with E-state index in [2.05, 4.69) is 10.2 Å². The maximum atomic E-state index is 10.9. The van der Waals surface area contributed by atoms with Crippen LogP contribution in [0, 0.1) is 5.92 Å². The molecule has 1 fully saturated rings. The van der Waals surface area contributed by atoms with Gasteiger partial charge in [0.2, 0.25) is 5.95 Å². The molecule has 1 aliphatic heterocycles. The molecule has 6 nitrogen and oxygen atoms in total. The van der Waals surface area contributed by atoms with Crippen LogP contribution in [0.1, 0.15) is 6.42 Å². The summed E-state index contributed by atoms with van der Waals surface area (Å²) in [5.74, 6) is -0.309. The van der Waals surface area contributed by atoms with Gasteiger partial charge in [-0.25, -0.2) is 0 Å². The van der Waals surface area contributed by atoms with E-state index in [0.29, 0.717) is 19.5 Å². The van der Waals surface area contributed by atoms with Gasteiger partial charge in [-0.15, -0.1) is 10.2 Å². The average Bonchev–Trinajstić information content (AvgIpc) is 2.95. The molecule has 1 aliphatic rings. The van der Waals surface area contributed by atoms with Crippen LogP contribution in [-0.2, 0) is 4.79 Å². The quantitative estimate of drug-likeness (QED) is 0.822. The Labute approximate surface area is 97.5 Å². The minimum atomic E-state index is -0.735. The number of nitrogens with zero attached hydrogens (tertiary/aromatic N) is 4. The fourth-order valence-electron chi connectivity index (χ4n) is 2.19. The van der Waals surface area contributed by atoms with E-state index in [1.54, 1.807) is 0 Å². The standard InChI is InChI=1S/C11H12N4O2/c16-10(17)8-4-6-14(7-8)11-13-12-9-3-1-2-5-15(9)11/h1-3,5,8H,4,6-7H2,(H,16,17)/t8-/m0/s1. The molecular weight excluding hydrogens is 220 g/mol. The molecule has 3 rings (SSSR count). The van der Waals surface area contributed by atoms with Crippen LogP contribution < -0.4 is 4.90 Å². The van der Waals surface area contributed by atoms with E-state index >= 15 is 0 Å². The smallest absolute Gasteiger partial charge is 0.308 e. The summed E-state index contributed by atoms with van der Waals surface area (Å²) in [4.78, 5) is 12.9. The highest BCUT2D eigenvalue weighted by molar-refractivity contribution is 5.71. The Morgan fingerprint density at radius 1 is 1.41 bits per heavy atom. The highest BCUT2D eigenvalue weighted by Crippen LogP contribution is 2.22. The molecule has 0 unspecified atom stereocenters. The summed E-state index contributed by atoms with van der Waals surface area (Å²) >= 11 is 0. The summed E-state index contributed by atoms with van der Waals surface area (Å²) in [7, 11) is 0. The maximum Gasteiger partial charge on any atom is 0.308 e. The van der Waals surface area contributed by atoms with Gasteiger partial charge in [-0.05, 0) is 18.6 Å². The maximum absolute atomic E-state index is 10.9. The number of carbonyl (C=O) groups is 1. The third kappa shape index (κ3) is 1.61. The van der Waals surface area contributed by atoms with Crippen molar-refractivity contribution in [3.63, 3.8) is 0 Å². The van der Waals surface area contributed by atoms with E-state index < -0.39 is 5.97 Å². The van der Waals surface area contributed by atoms with Crippen molar-refractivity contribution in [2.24, 2.45) is 5.92 Å². The summed E-state index contributed by atoms with van der Waals surface area (Å²) < 4.78 is 1.88. The molecule has 1 atom stereocenters. The van der Waals surface area contributed by atoms with Crippen LogP contribution in [0.2, 0.25) is 0 Å². The molecule has 88 valence electrons. The summed E-state index contributed by atoms with van der Waals surface area (Å²) in [6, 6.07) is 5.68. The molecule has 3 heterocycles. The topological polar surface area (TPSA) is 70.7 Å². The SMILES string of the molecule is O=C(O)[C@H]1CCN(c2nnc3ccccn23)C1. The van der Waals surface area contributed by atoms with Crippen molar-refractivity contribution in [1.82, 2.24) is 14.6 Å². The number of rotatable bonds is 2. The third-order valence-corrected chi connectivity index (χ3v) is 3.12. The van der Waals surface area contributed by atoms with Crippen molar-refractivity contribution in [2.45, 2.75) is 6.42 Å². The van der Waals surface area contributed by atoms with Crippen LogP contribution in [0.4, 0.5) is 5.95 Å². The Hall–Kier alpha value is -2.11. The second kappa shape index (κ2) is 3.73. The zero-order valence-corrected chi connectivity index (χ0v) is 9.15. The van der Waals surface area contributed by atoms with Crippen LogP contribution in [0.15, 0.2) is 24.4 Å². The normalized spacial score (nSPS) is 20.0. The largest absolute Gasteiger partial charge is 0.481 e. The van der Waals surface area contributed by atoms with Crippen molar-refractivity contribution in [1.29, 1.82) is 0 Å². The Morgan fingerprint density at radius 2 is 2.29 bits per heavy atom. The van der Waals surface area contributed by atoms with E-state index in [0.717, 1.165) is 11.6 Å². The van der Waals surface area contributed by atoms with E-state index in [-0.39, 0.29) is 5.92 Å². The first-order valence-electron chi connectivity index (χ1n) is 5.53. The van der Waals surface area contributed by atoms with Gasteiger partial charge in [0.05, 0.1) is 5.92 Å². The van der Waals surface area contributed by atoms with E-state index in [1.807, 2.05) is 33.7 Å². The highest BCUT2D eigenvalue weighted by atomic mass is 16.4. The van der Waals surface area contributed by atoms with Crippen LogP contribution in [0.5, 0.6) is 0 Å². The zero-order chi connectivity index (χ0) is 11.8. The Balaban J connectivity index is 1.93. The molecule has 2 aromatic heterocycles. The second-order valence-electron chi connectivity index (χ2n) is 4.20. The number of hydrogen-bond acceptors (Lipinski definition) is 4. The predicted octanol–water partition coefficient (Wildman–Crippen LogP) is 0.640. The molecule has 1 saturated heterocycles. The summed E-state index contributed by atoms with van der Waals surface area (Å²) in [5.41, 5.74) is 0.779. The van der Waals surface area contributed by atoms with Gasteiger partial charge in [0.1, 0.15) is 0 Å². The lowest BCUT2D eigenvalue weighted by atomic mass is 10.1. The molecule has 0 aliphatic carbocycles. The number of anilines is 1. The van der Waals surface area contributed by atoms with E-state index in [4.69, 9.17) is 5.11 Å². The molecule has 0 bridgehead atoms. The lowest BCUT2D eigenvalue weighted by Crippen LogP contribution is -2.24. The molecular formula is C11H12N4O2. The van der Waals surface area contributed by atoms with Gasteiger partial charge in [-0.3, -0.25) is 9.20 Å². The zero-order valence-electron chi connectivity index (χ0n) is 9.15. The molecule has 6 heteroatoms. The highest BCUT2D eigenvalue weighted by Gasteiger charge is 2.30. The number of aromatic nitrogens is 3. The number of carboxylic acids is 1. The van der Waals surface area contributed by atoms with Crippen molar-refractivity contribution >= 4 is 17.6 Å². The van der Waals surface area contributed by atoms with Gasteiger partial charge in [0.25, 0.3) is 0 Å². The summed E-state index contributed by atoms with van der Waals surface area (Å²) in [5, 5.41) is 17.1. The Bertz CT molecular complexity index is 565.